The Labute approximate surface area is 120 Å². The molecular formula is C15H20N4O. The van der Waals surface area contributed by atoms with Crippen molar-refractivity contribution in [1.29, 1.82) is 0 Å². The maximum Gasteiger partial charge on any atom is 0.246 e. The quantitative estimate of drug-likeness (QED) is 0.509. The molecule has 20 heavy (non-hydrogen) atoms. The van der Waals surface area contributed by atoms with Crippen LogP contribution in [0.15, 0.2) is 29.3 Å². The predicted molar refractivity (Wildman–Crippen MR) is 82.7 cm³/mol. The van der Waals surface area contributed by atoms with Crippen molar-refractivity contribution in [3.8, 4) is 12.3 Å². The SMILES string of the molecule is C#Cc1cccc(NC(=O)CN=C(N(C)C)N(C)C)c1. The minimum atomic E-state index is -0.180. The molecule has 1 amide bonds. The van der Waals surface area contributed by atoms with Crippen molar-refractivity contribution >= 4 is 17.6 Å². The highest BCUT2D eigenvalue weighted by Crippen LogP contribution is 2.09. The van der Waals surface area contributed by atoms with Gasteiger partial charge in [-0.05, 0) is 18.2 Å². The van der Waals surface area contributed by atoms with Crippen LogP contribution < -0.4 is 5.32 Å². The molecule has 0 aromatic heterocycles. The molecule has 0 bridgehead atoms. The maximum atomic E-state index is 11.9. The largest absolute Gasteiger partial charge is 0.349 e. The van der Waals surface area contributed by atoms with E-state index in [2.05, 4.69) is 16.2 Å². The fraction of sp³-hybridized carbons (Fsp3) is 0.333. The molecule has 5 nitrogen and oxygen atoms in total. The topological polar surface area (TPSA) is 47.9 Å². The zero-order valence-corrected chi connectivity index (χ0v) is 12.3. The molecule has 0 atom stereocenters. The monoisotopic (exact) mass is 272 g/mol. The van der Waals surface area contributed by atoms with E-state index in [4.69, 9.17) is 6.42 Å². The fourth-order valence-corrected chi connectivity index (χ4v) is 1.71. The maximum absolute atomic E-state index is 11.9. The molecule has 0 fully saturated rings. The molecule has 0 aliphatic carbocycles. The molecule has 0 spiro atoms. The van der Waals surface area contributed by atoms with Gasteiger partial charge in [0, 0.05) is 39.4 Å². The Kier molecular flexibility index (Phi) is 5.60. The number of guanidine groups is 1. The van der Waals surface area contributed by atoms with Crippen molar-refractivity contribution in [2.24, 2.45) is 4.99 Å². The summed E-state index contributed by atoms with van der Waals surface area (Å²) in [7, 11) is 7.53. The van der Waals surface area contributed by atoms with Gasteiger partial charge >= 0.3 is 0 Å². The zero-order chi connectivity index (χ0) is 15.1. The van der Waals surface area contributed by atoms with Crippen LogP contribution in [0.5, 0.6) is 0 Å². The van der Waals surface area contributed by atoms with E-state index in [1.165, 1.54) is 0 Å². The first-order valence-corrected chi connectivity index (χ1v) is 6.19. The van der Waals surface area contributed by atoms with Crippen LogP contribution in [0.4, 0.5) is 5.69 Å². The lowest BCUT2D eigenvalue weighted by Gasteiger charge is -2.22. The summed E-state index contributed by atoms with van der Waals surface area (Å²) in [6.07, 6.45) is 5.32. The second-order valence-electron chi connectivity index (χ2n) is 4.68. The van der Waals surface area contributed by atoms with Gasteiger partial charge in [-0.1, -0.05) is 12.0 Å². The number of benzene rings is 1. The number of hydrogen-bond acceptors (Lipinski definition) is 2. The highest BCUT2D eigenvalue weighted by atomic mass is 16.1. The Bertz CT molecular complexity index is 531. The van der Waals surface area contributed by atoms with Gasteiger partial charge in [0.15, 0.2) is 5.96 Å². The molecule has 1 aromatic rings. The summed E-state index contributed by atoms with van der Waals surface area (Å²) in [4.78, 5) is 19.8. The number of aliphatic imine (C=N–C) groups is 1. The smallest absolute Gasteiger partial charge is 0.246 e. The van der Waals surface area contributed by atoms with Crippen LogP contribution in [-0.2, 0) is 4.79 Å². The normalized spacial score (nSPS) is 9.35. The van der Waals surface area contributed by atoms with E-state index in [1.807, 2.05) is 44.1 Å². The predicted octanol–water partition coefficient (Wildman–Crippen LogP) is 1.09. The van der Waals surface area contributed by atoms with Crippen LogP contribution >= 0.6 is 0 Å². The molecule has 0 saturated carbocycles. The van der Waals surface area contributed by atoms with Crippen LogP contribution in [-0.4, -0.2) is 56.4 Å². The number of nitrogens with zero attached hydrogens (tertiary/aromatic N) is 3. The van der Waals surface area contributed by atoms with E-state index < -0.39 is 0 Å². The molecule has 5 heteroatoms. The third-order valence-corrected chi connectivity index (χ3v) is 2.48. The van der Waals surface area contributed by atoms with E-state index in [1.54, 1.807) is 18.2 Å². The van der Waals surface area contributed by atoms with Gasteiger partial charge in [0.2, 0.25) is 5.91 Å². The number of amides is 1. The van der Waals surface area contributed by atoms with E-state index in [9.17, 15) is 4.79 Å². The summed E-state index contributed by atoms with van der Waals surface area (Å²) in [6.45, 7) is 0.0615. The first-order chi connectivity index (χ1) is 9.43. The van der Waals surface area contributed by atoms with E-state index >= 15 is 0 Å². The summed E-state index contributed by atoms with van der Waals surface area (Å²) in [5.74, 6) is 3.08. The molecule has 0 radical (unpaired) electrons. The number of anilines is 1. The number of terminal acetylenes is 1. The first-order valence-electron chi connectivity index (χ1n) is 6.19. The first kappa shape index (κ1) is 15.6. The Hall–Kier alpha value is -2.48. The van der Waals surface area contributed by atoms with Crippen LogP contribution in [0.3, 0.4) is 0 Å². The third kappa shape index (κ3) is 4.65. The van der Waals surface area contributed by atoms with E-state index in [0.29, 0.717) is 5.69 Å². The number of rotatable bonds is 3. The van der Waals surface area contributed by atoms with Crippen molar-refractivity contribution < 1.29 is 4.79 Å². The molecule has 106 valence electrons. The third-order valence-electron chi connectivity index (χ3n) is 2.48. The molecule has 0 aliphatic rings. The standard InChI is InChI=1S/C15H20N4O/c1-6-12-8-7-9-13(10-12)17-14(20)11-16-15(18(2)3)19(4)5/h1,7-10H,11H2,2-5H3,(H,17,20). The molecule has 0 heterocycles. The molecule has 0 unspecified atom stereocenters. The summed E-state index contributed by atoms with van der Waals surface area (Å²) in [6, 6.07) is 7.16. The molecular weight excluding hydrogens is 252 g/mol. The number of carbonyl (C=O) groups is 1. The van der Waals surface area contributed by atoms with Gasteiger partial charge in [-0.3, -0.25) is 4.79 Å². The minimum absolute atomic E-state index is 0.0615. The molecule has 1 rings (SSSR count). The van der Waals surface area contributed by atoms with Crippen LogP contribution in [0.2, 0.25) is 0 Å². The van der Waals surface area contributed by atoms with Gasteiger partial charge < -0.3 is 15.1 Å². The van der Waals surface area contributed by atoms with Gasteiger partial charge in [-0.25, -0.2) is 4.99 Å². The van der Waals surface area contributed by atoms with E-state index in [-0.39, 0.29) is 12.5 Å². The Balaban J connectivity index is 2.68. The number of nitrogens with one attached hydrogen (secondary N) is 1. The second kappa shape index (κ2) is 7.19. The molecule has 0 saturated heterocycles. The van der Waals surface area contributed by atoms with Gasteiger partial charge in [0.1, 0.15) is 6.54 Å². The molecule has 1 N–H and O–H groups in total. The van der Waals surface area contributed by atoms with Gasteiger partial charge in [0.05, 0.1) is 0 Å². The Morgan fingerprint density at radius 2 is 1.95 bits per heavy atom. The average Bonchev–Trinajstić information content (AvgIpc) is 2.38. The van der Waals surface area contributed by atoms with Crippen LogP contribution in [0.1, 0.15) is 5.56 Å². The lowest BCUT2D eigenvalue weighted by molar-refractivity contribution is -0.114. The van der Waals surface area contributed by atoms with Crippen molar-refractivity contribution in [3.63, 3.8) is 0 Å². The second-order valence-corrected chi connectivity index (χ2v) is 4.68. The highest BCUT2D eigenvalue weighted by molar-refractivity contribution is 5.94. The summed E-state index contributed by atoms with van der Waals surface area (Å²) < 4.78 is 0. The average molecular weight is 272 g/mol. The van der Waals surface area contributed by atoms with Crippen molar-refractivity contribution in [1.82, 2.24) is 9.80 Å². The van der Waals surface area contributed by atoms with Gasteiger partial charge in [0.25, 0.3) is 0 Å². The highest BCUT2D eigenvalue weighted by Gasteiger charge is 2.06. The Morgan fingerprint density at radius 3 is 2.50 bits per heavy atom. The molecule has 0 aliphatic heterocycles. The summed E-state index contributed by atoms with van der Waals surface area (Å²) >= 11 is 0. The van der Waals surface area contributed by atoms with Crippen LogP contribution in [0.25, 0.3) is 0 Å². The van der Waals surface area contributed by atoms with Gasteiger partial charge in [-0.15, -0.1) is 6.42 Å². The number of carbonyl (C=O) groups excluding carboxylic acids is 1. The zero-order valence-electron chi connectivity index (χ0n) is 12.3. The minimum Gasteiger partial charge on any atom is -0.349 e. The summed E-state index contributed by atoms with van der Waals surface area (Å²) in [5.41, 5.74) is 1.41. The number of hydrogen-bond donors (Lipinski definition) is 1. The lowest BCUT2D eigenvalue weighted by Crippen LogP contribution is -2.36. The lowest BCUT2D eigenvalue weighted by atomic mass is 10.2. The molecule has 1 aromatic carbocycles. The van der Waals surface area contributed by atoms with Crippen LogP contribution in [0, 0.1) is 12.3 Å². The van der Waals surface area contributed by atoms with Gasteiger partial charge in [-0.2, -0.15) is 0 Å². The fourth-order valence-electron chi connectivity index (χ4n) is 1.71. The van der Waals surface area contributed by atoms with E-state index in [0.717, 1.165) is 11.5 Å². The van der Waals surface area contributed by atoms with Crippen molar-refractivity contribution in [3.05, 3.63) is 29.8 Å². The Morgan fingerprint density at radius 1 is 1.30 bits per heavy atom. The van der Waals surface area contributed by atoms with Crippen molar-refractivity contribution in [2.45, 2.75) is 0 Å². The van der Waals surface area contributed by atoms with Crippen molar-refractivity contribution in [2.75, 3.05) is 40.1 Å². The summed E-state index contributed by atoms with van der Waals surface area (Å²) in [5, 5.41) is 2.77.